The van der Waals surface area contributed by atoms with E-state index >= 15 is 0 Å². The van der Waals surface area contributed by atoms with Gasteiger partial charge in [0.1, 0.15) is 5.52 Å². The second kappa shape index (κ2) is 4.29. The quantitative estimate of drug-likeness (QED) is 0.791. The third kappa shape index (κ3) is 2.07. The van der Waals surface area contributed by atoms with Crippen LogP contribution in [0, 0.1) is 5.41 Å². The van der Waals surface area contributed by atoms with Gasteiger partial charge in [0, 0.05) is 12.0 Å². The summed E-state index contributed by atoms with van der Waals surface area (Å²) in [5.41, 5.74) is 1.28. The summed E-state index contributed by atoms with van der Waals surface area (Å²) in [7, 11) is 1.31. The predicted molar refractivity (Wildman–Crippen MR) is 66.5 cm³/mol. The Kier molecular flexibility index (Phi) is 2.73. The molecule has 2 aromatic heterocycles. The molecule has 2 aromatic rings. The fourth-order valence-corrected chi connectivity index (χ4v) is 2.15. The molecule has 100 valence electrons. The zero-order valence-corrected chi connectivity index (χ0v) is 10.6. The van der Waals surface area contributed by atoms with E-state index in [1.807, 2.05) is 4.57 Å². The molecule has 1 aliphatic rings. The van der Waals surface area contributed by atoms with Gasteiger partial charge in [0.15, 0.2) is 11.3 Å². The largest absolute Gasteiger partial charge is 0.464 e. The zero-order chi connectivity index (χ0) is 13.5. The first-order chi connectivity index (χ1) is 9.17. The molecule has 1 aliphatic carbocycles. The Morgan fingerprint density at radius 2 is 2.32 bits per heavy atom. The van der Waals surface area contributed by atoms with Gasteiger partial charge in [0.2, 0.25) is 0 Å². The number of imidazole rings is 1. The first kappa shape index (κ1) is 12.1. The smallest absolute Gasteiger partial charge is 0.356 e. The molecule has 19 heavy (non-hydrogen) atoms. The van der Waals surface area contributed by atoms with Gasteiger partial charge in [-0.15, -0.1) is 0 Å². The number of carbonyl (C=O) groups is 1. The minimum Gasteiger partial charge on any atom is -0.464 e. The Hall–Kier alpha value is -1.98. The molecular weight excluding hydrogens is 249 g/mol. The van der Waals surface area contributed by atoms with Crippen molar-refractivity contribution in [2.24, 2.45) is 5.41 Å². The molecule has 0 aliphatic heterocycles. The third-order valence-corrected chi connectivity index (χ3v) is 3.60. The lowest BCUT2D eigenvalue weighted by molar-refractivity contribution is 0.0594. The molecule has 2 heterocycles. The van der Waals surface area contributed by atoms with E-state index in [2.05, 4.69) is 14.7 Å². The Morgan fingerprint density at radius 3 is 2.95 bits per heavy atom. The number of hydrogen-bond acceptors (Lipinski definition) is 4. The molecule has 1 saturated carbocycles. The molecule has 0 N–H and O–H groups in total. The number of methoxy groups -OCH3 is 1. The van der Waals surface area contributed by atoms with Crippen LogP contribution in [0.4, 0.5) is 4.39 Å². The number of alkyl halides is 1. The number of esters is 1. The van der Waals surface area contributed by atoms with Crippen molar-refractivity contribution in [3.8, 4) is 0 Å². The lowest BCUT2D eigenvalue weighted by Gasteiger charge is -2.11. The minimum atomic E-state index is -0.485. The topological polar surface area (TPSA) is 57.0 Å². The maximum atomic E-state index is 13.0. The van der Waals surface area contributed by atoms with Crippen molar-refractivity contribution in [2.75, 3.05) is 13.8 Å². The molecule has 3 rings (SSSR count). The second-order valence-electron chi connectivity index (χ2n) is 5.04. The number of hydrogen-bond donors (Lipinski definition) is 0. The highest BCUT2D eigenvalue weighted by Crippen LogP contribution is 2.47. The van der Waals surface area contributed by atoms with Crippen molar-refractivity contribution in [1.29, 1.82) is 0 Å². The summed E-state index contributed by atoms with van der Waals surface area (Å²) in [5.74, 6) is -0.485. The molecule has 0 spiro atoms. The molecule has 0 unspecified atom stereocenters. The average molecular weight is 263 g/mol. The number of ether oxygens (including phenoxy) is 1. The van der Waals surface area contributed by atoms with Crippen molar-refractivity contribution in [2.45, 2.75) is 19.4 Å². The number of fused-ring (bicyclic) bond motifs is 1. The van der Waals surface area contributed by atoms with Crippen LogP contribution in [0.1, 0.15) is 23.3 Å². The molecule has 0 amide bonds. The van der Waals surface area contributed by atoms with Crippen molar-refractivity contribution in [1.82, 2.24) is 14.5 Å². The highest BCUT2D eigenvalue weighted by molar-refractivity contribution is 5.89. The number of pyridine rings is 1. The summed E-state index contributed by atoms with van der Waals surface area (Å²) in [5, 5.41) is 0. The zero-order valence-electron chi connectivity index (χ0n) is 10.6. The van der Waals surface area contributed by atoms with Crippen molar-refractivity contribution >= 4 is 17.1 Å². The summed E-state index contributed by atoms with van der Waals surface area (Å²) in [4.78, 5) is 19.9. The maximum absolute atomic E-state index is 13.0. The molecular formula is C13H14FN3O2. The number of rotatable bonds is 4. The van der Waals surface area contributed by atoms with E-state index in [1.54, 1.807) is 18.5 Å². The Balaban J connectivity index is 1.98. The fourth-order valence-electron chi connectivity index (χ4n) is 2.15. The van der Waals surface area contributed by atoms with Gasteiger partial charge in [0.05, 0.1) is 20.1 Å². The summed E-state index contributed by atoms with van der Waals surface area (Å²) in [6, 6.07) is 3.30. The fraction of sp³-hybridized carbons (Fsp3) is 0.462. The van der Waals surface area contributed by atoms with Crippen LogP contribution in [0.2, 0.25) is 0 Å². The molecule has 0 aromatic carbocycles. The van der Waals surface area contributed by atoms with Crippen LogP contribution in [-0.4, -0.2) is 34.3 Å². The lowest BCUT2D eigenvalue weighted by atomic mass is 10.1. The van der Waals surface area contributed by atoms with E-state index in [1.165, 1.54) is 7.11 Å². The van der Waals surface area contributed by atoms with E-state index < -0.39 is 5.97 Å². The van der Waals surface area contributed by atoms with Gasteiger partial charge in [-0.05, 0) is 25.0 Å². The molecule has 0 bridgehead atoms. The average Bonchev–Trinajstić information content (AvgIpc) is 3.12. The molecule has 5 nitrogen and oxygen atoms in total. The standard InChI is InChI=1S/C13H14FN3O2/c1-19-12(18)10-3-2-9-11(16-10)17(8-15-9)7-13(6-14)4-5-13/h2-3,8H,4-7H2,1H3. The molecule has 0 saturated heterocycles. The van der Waals surface area contributed by atoms with Crippen molar-refractivity contribution in [3.63, 3.8) is 0 Å². The number of aromatic nitrogens is 3. The molecule has 0 atom stereocenters. The van der Waals surface area contributed by atoms with Gasteiger partial charge in [-0.3, -0.25) is 4.39 Å². The predicted octanol–water partition coefficient (Wildman–Crippen LogP) is 1.97. The van der Waals surface area contributed by atoms with Gasteiger partial charge in [-0.25, -0.2) is 14.8 Å². The number of carbonyl (C=O) groups excluding carboxylic acids is 1. The van der Waals surface area contributed by atoms with Crippen LogP contribution in [-0.2, 0) is 11.3 Å². The van der Waals surface area contributed by atoms with Gasteiger partial charge < -0.3 is 9.30 Å². The molecule has 1 fully saturated rings. The van der Waals surface area contributed by atoms with Gasteiger partial charge in [0.25, 0.3) is 0 Å². The highest BCUT2D eigenvalue weighted by atomic mass is 19.1. The monoisotopic (exact) mass is 263 g/mol. The van der Waals surface area contributed by atoms with E-state index in [-0.39, 0.29) is 17.8 Å². The number of nitrogens with zero attached hydrogens (tertiary/aromatic N) is 3. The summed E-state index contributed by atoms with van der Waals surface area (Å²) in [6.07, 6.45) is 3.42. The minimum absolute atomic E-state index is 0.238. The summed E-state index contributed by atoms with van der Waals surface area (Å²) in [6.45, 7) is 0.223. The van der Waals surface area contributed by atoms with Crippen LogP contribution in [0.25, 0.3) is 11.2 Å². The van der Waals surface area contributed by atoms with Crippen LogP contribution in [0.3, 0.4) is 0 Å². The van der Waals surface area contributed by atoms with Gasteiger partial charge in [-0.2, -0.15) is 0 Å². The highest BCUT2D eigenvalue weighted by Gasteiger charge is 2.43. The van der Waals surface area contributed by atoms with E-state index in [9.17, 15) is 9.18 Å². The second-order valence-corrected chi connectivity index (χ2v) is 5.04. The SMILES string of the molecule is COC(=O)c1ccc2ncn(CC3(CF)CC3)c2n1. The molecule has 0 radical (unpaired) electrons. The number of halogens is 1. The van der Waals surface area contributed by atoms with Gasteiger partial charge >= 0.3 is 5.97 Å². The maximum Gasteiger partial charge on any atom is 0.356 e. The van der Waals surface area contributed by atoms with Crippen LogP contribution in [0.5, 0.6) is 0 Å². The van der Waals surface area contributed by atoms with Crippen LogP contribution in [0.15, 0.2) is 18.5 Å². The van der Waals surface area contributed by atoms with Crippen molar-refractivity contribution in [3.05, 3.63) is 24.2 Å². The summed E-state index contributed by atoms with van der Waals surface area (Å²) < 4.78 is 19.4. The Labute approximate surface area is 109 Å². The van der Waals surface area contributed by atoms with E-state index in [0.717, 1.165) is 12.8 Å². The van der Waals surface area contributed by atoms with Crippen LogP contribution < -0.4 is 0 Å². The van der Waals surface area contributed by atoms with E-state index in [4.69, 9.17) is 0 Å². The third-order valence-electron chi connectivity index (χ3n) is 3.60. The first-order valence-corrected chi connectivity index (χ1v) is 6.14. The summed E-state index contributed by atoms with van der Waals surface area (Å²) >= 11 is 0. The van der Waals surface area contributed by atoms with E-state index in [0.29, 0.717) is 17.7 Å². The van der Waals surface area contributed by atoms with Gasteiger partial charge in [-0.1, -0.05) is 0 Å². The lowest BCUT2D eigenvalue weighted by Crippen LogP contribution is -2.14. The first-order valence-electron chi connectivity index (χ1n) is 6.14. The van der Waals surface area contributed by atoms with Crippen LogP contribution >= 0.6 is 0 Å². The van der Waals surface area contributed by atoms with Crippen molar-refractivity contribution < 1.29 is 13.9 Å². The Bertz CT molecular complexity index is 634. The Morgan fingerprint density at radius 1 is 1.53 bits per heavy atom. The normalized spacial score (nSPS) is 16.5. The molecule has 6 heteroatoms.